The molecule has 1 aliphatic heterocycles. The number of aromatic nitrogens is 2. The van der Waals surface area contributed by atoms with E-state index in [1.165, 1.54) is 24.3 Å². The molecule has 1 saturated heterocycles. The van der Waals surface area contributed by atoms with E-state index >= 15 is 0 Å². The Morgan fingerprint density at radius 3 is 2.53 bits per heavy atom. The van der Waals surface area contributed by atoms with Crippen molar-refractivity contribution < 1.29 is 28.5 Å². The van der Waals surface area contributed by atoms with Crippen LogP contribution in [0, 0.1) is 17.6 Å². The molecule has 1 aromatic carbocycles. The molecule has 2 fully saturated rings. The molecule has 6 nitrogen and oxygen atoms in total. The minimum absolute atomic E-state index is 0.0351. The highest BCUT2D eigenvalue weighted by Crippen LogP contribution is 2.43. The molecule has 1 aliphatic carbocycles. The van der Waals surface area contributed by atoms with Gasteiger partial charge in [0.1, 0.15) is 23.4 Å². The van der Waals surface area contributed by atoms with Crippen molar-refractivity contribution in [1.82, 2.24) is 9.97 Å². The van der Waals surface area contributed by atoms with Gasteiger partial charge in [-0.2, -0.15) is 0 Å². The number of carbonyl (C=O) groups is 1. The number of aliphatic hydroxyl groups excluding tert-OH is 2. The van der Waals surface area contributed by atoms with Crippen LogP contribution in [0.1, 0.15) is 47.0 Å². The number of ether oxygens (including phenoxy) is 1. The Morgan fingerprint density at radius 2 is 1.79 bits per heavy atom. The molecule has 4 atom stereocenters. The van der Waals surface area contributed by atoms with Crippen molar-refractivity contribution >= 4 is 5.78 Å². The van der Waals surface area contributed by atoms with E-state index in [2.05, 4.69) is 9.97 Å². The summed E-state index contributed by atoms with van der Waals surface area (Å²) in [6.45, 7) is 0. The smallest absolute Gasteiger partial charge is 0.185 e. The van der Waals surface area contributed by atoms with E-state index < -0.39 is 36.1 Å². The number of rotatable bonds is 6. The predicted octanol–water partition coefficient (Wildman–Crippen LogP) is 3.81. The van der Waals surface area contributed by atoms with Gasteiger partial charge >= 0.3 is 0 Å². The van der Waals surface area contributed by atoms with E-state index in [1.54, 1.807) is 18.5 Å². The molecule has 2 N–H and O–H groups in total. The molecule has 2 aromatic heterocycles. The largest absolute Gasteiger partial charge is 0.390 e. The van der Waals surface area contributed by atoms with E-state index in [1.807, 2.05) is 0 Å². The monoisotopic (exact) mass is 466 g/mol. The van der Waals surface area contributed by atoms with Crippen LogP contribution in [0.2, 0.25) is 0 Å². The summed E-state index contributed by atoms with van der Waals surface area (Å²) in [7, 11) is 0. The van der Waals surface area contributed by atoms with Gasteiger partial charge in [0.2, 0.25) is 0 Å². The van der Waals surface area contributed by atoms with Crippen LogP contribution in [0.3, 0.4) is 0 Å². The van der Waals surface area contributed by atoms with Crippen LogP contribution in [0.25, 0.3) is 11.3 Å². The van der Waals surface area contributed by atoms with E-state index in [9.17, 15) is 23.8 Å². The number of Topliss-reactive ketones (excluding diaryl/α,β-unsaturated/α-hetero) is 1. The molecule has 0 radical (unpaired) electrons. The van der Waals surface area contributed by atoms with Crippen LogP contribution in [-0.4, -0.2) is 44.3 Å². The Balaban J connectivity index is 1.39. The van der Waals surface area contributed by atoms with Gasteiger partial charge in [-0.25, -0.2) is 13.8 Å². The summed E-state index contributed by atoms with van der Waals surface area (Å²) in [5, 5.41) is 20.7. The highest BCUT2D eigenvalue weighted by atomic mass is 19.1. The van der Waals surface area contributed by atoms with Gasteiger partial charge in [0.25, 0.3) is 0 Å². The second-order valence-electron chi connectivity index (χ2n) is 8.90. The van der Waals surface area contributed by atoms with Crippen molar-refractivity contribution in [3.05, 3.63) is 83.3 Å². The minimum Gasteiger partial charge on any atom is -0.390 e. The topological polar surface area (TPSA) is 92.5 Å². The SMILES string of the molecule is O=C(Cc1cnccc1[C@H]1C[C@@H](O)[C@H](O)[C@@H](C2CC2)O1)c1cccc(-c2c(F)cccc2F)n1. The molecule has 34 heavy (non-hydrogen) atoms. The Labute approximate surface area is 195 Å². The summed E-state index contributed by atoms with van der Waals surface area (Å²) < 4.78 is 34.6. The standard InChI is InChI=1S/C26H24F2N2O4/c27-17-3-1-4-18(28)24(17)20-6-2-5-19(30-20)21(31)11-15-13-29-10-9-16(15)23-12-22(32)25(33)26(34-23)14-7-8-14/h1-6,9-10,13-14,22-23,25-26,32-33H,7-8,11-12H2/t22-,23-,25+,26-/m1/s1. The summed E-state index contributed by atoms with van der Waals surface area (Å²) in [4.78, 5) is 21.4. The zero-order valence-electron chi connectivity index (χ0n) is 18.3. The molecule has 0 bridgehead atoms. The van der Waals surface area contributed by atoms with Gasteiger partial charge < -0.3 is 14.9 Å². The molecule has 5 rings (SSSR count). The molecule has 3 aromatic rings. The van der Waals surface area contributed by atoms with Crippen molar-refractivity contribution in [3.63, 3.8) is 0 Å². The average molecular weight is 466 g/mol. The van der Waals surface area contributed by atoms with Crippen LogP contribution in [0.4, 0.5) is 8.78 Å². The number of carbonyl (C=O) groups excluding carboxylic acids is 1. The number of nitrogens with zero attached hydrogens (tertiary/aromatic N) is 2. The molecule has 3 heterocycles. The number of halogens is 2. The Hall–Kier alpha value is -3.07. The minimum atomic E-state index is -0.929. The lowest BCUT2D eigenvalue weighted by molar-refractivity contribution is -0.177. The molecule has 1 saturated carbocycles. The molecule has 176 valence electrons. The van der Waals surface area contributed by atoms with Gasteiger partial charge in [-0.3, -0.25) is 9.78 Å². The quantitative estimate of drug-likeness (QED) is 0.537. The molecule has 8 heteroatoms. The fraction of sp³-hybridized carbons (Fsp3) is 0.346. The van der Waals surface area contributed by atoms with Gasteiger partial charge in [-0.1, -0.05) is 12.1 Å². The molecular weight excluding hydrogens is 442 g/mol. The molecule has 0 spiro atoms. The average Bonchev–Trinajstić information content (AvgIpc) is 3.67. The van der Waals surface area contributed by atoms with Crippen LogP contribution in [0.5, 0.6) is 0 Å². The third-order valence-electron chi connectivity index (χ3n) is 6.49. The maximum Gasteiger partial charge on any atom is 0.185 e. The first-order valence-corrected chi connectivity index (χ1v) is 11.3. The normalized spacial score (nSPS) is 24.7. The number of hydrogen-bond acceptors (Lipinski definition) is 6. The highest BCUT2D eigenvalue weighted by molar-refractivity contribution is 5.96. The van der Waals surface area contributed by atoms with Gasteiger partial charge in [-0.15, -0.1) is 0 Å². The third-order valence-corrected chi connectivity index (χ3v) is 6.49. The lowest BCUT2D eigenvalue weighted by atomic mass is 9.89. The zero-order chi connectivity index (χ0) is 23.8. The van der Waals surface area contributed by atoms with Crippen LogP contribution in [0.15, 0.2) is 54.9 Å². The number of hydrogen-bond donors (Lipinski definition) is 2. The fourth-order valence-electron chi connectivity index (χ4n) is 4.55. The highest BCUT2D eigenvalue weighted by Gasteiger charge is 2.45. The van der Waals surface area contributed by atoms with Gasteiger partial charge in [0, 0.05) is 25.2 Å². The summed E-state index contributed by atoms with van der Waals surface area (Å²) in [6, 6.07) is 9.79. The van der Waals surface area contributed by atoms with Crippen molar-refractivity contribution in [3.8, 4) is 11.3 Å². The molecular formula is C26H24F2N2O4. The van der Waals surface area contributed by atoms with E-state index in [0.29, 0.717) is 5.56 Å². The van der Waals surface area contributed by atoms with Crippen LogP contribution >= 0.6 is 0 Å². The lowest BCUT2D eigenvalue weighted by Crippen LogP contribution is -2.46. The lowest BCUT2D eigenvalue weighted by Gasteiger charge is -2.38. The Kier molecular flexibility index (Phi) is 6.20. The number of aliphatic hydroxyl groups is 2. The first-order chi connectivity index (χ1) is 16.4. The second-order valence-corrected chi connectivity index (χ2v) is 8.90. The van der Waals surface area contributed by atoms with E-state index in [0.717, 1.165) is 30.5 Å². The summed E-state index contributed by atoms with van der Waals surface area (Å²) in [5.41, 5.74) is 1.16. The second kappa shape index (κ2) is 9.29. The number of benzene rings is 1. The summed E-state index contributed by atoms with van der Waals surface area (Å²) >= 11 is 0. The zero-order valence-corrected chi connectivity index (χ0v) is 18.3. The first-order valence-electron chi connectivity index (χ1n) is 11.3. The van der Waals surface area contributed by atoms with Crippen LogP contribution < -0.4 is 0 Å². The Bertz CT molecular complexity index is 1200. The molecule has 0 unspecified atom stereocenters. The number of ketones is 1. The van der Waals surface area contributed by atoms with Crippen molar-refractivity contribution in [2.45, 2.75) is 50.1 Å². The van der Waals surface area contributed by atoms with Gasteiger partial charge in [0.15, 0.2) is 5.78 Å². The first kappa shape index (κ1) is 22.7. The number of pyridine rings is 2. The third kappa shape index (κ3) is 4.49. The summed E-state index contributed by atoms with van der Waals surface area (Å²) in [6.07, 6.45) is 2.44. The van der Waals surface area contributed by atoms with Crippen molar-refractivity contribution in [1.29, 1.82) is 0 Å². The van der Waals surface area contributed by atoms with E-state index in [-0.39, 0.29) is 41.5 Å². The van der Waals surface area contributed by atoms with Gasteiger partial charge in [0.05, 0.1) is 29.6 Å². The van der Waals surface area contributed by atoms with E-state index in [4.69, 9.17) is 4.74 Å². The summed E-state index contributed by atoms with van der Waals surface area (Å²) in [5.74, 6) is -1.63. The molecule has 2 aliphatic rings. The predicted molar refractivity (Wildman–Crippen MR) is 119 cm³/mol. The van der Waals surface area contributed by atoms with Gasteiger partial charge in [-0.05, 0) is 60.2 Å². The maximum absolute atomic E-state index is 14.2. The fourth-order valence-corrected chi connectivity index (χ4v) is 4.55. The molecule has 0 amide bonds. The van der Waals surface area contributed by atoms with Crippen molar-refractivity contribution in [2.24, 2.45) is 5.92 Å². The Morgan fingerprint density at radius 1 is 1.06 bits per heavy atom. The van der Waals surface area contributed by atoms with Crippen LogP contribution in [-0.2, 0) is 11.2 Å². The maximum atomic E-state index is 14.2. The van der Waals surface area contributed by atoms with Crippen molar-refractivity contribution in [2.75, 3.05) is 0 Å².